The summed E-state index contributed by atoms with van der Waals surface area (Å²) in [5.74, 6) is 0.520. The van der Waals surface area contributed by atoms with E-state index >= 15 is 0 Å². The summed E-state index contributed by atoms with van der Waals surface area (Å²) in [6.07, 6.45) is 8.47. The van der Waals surface area contributed by atoms with Gasteiger partial charge >= 0.3 is 0 Å². The van der Waals surface area contributed by atoms with E-state index in [0.29, 0.717) is 23.6 Å². The molecule has 1 amide bonds. The molecule has 3 heterocycles. The fourth-order valence-corrected chi connectivity index (χ4v) is 4.31. The van der Waals surface area contributed by atoms with Gasteiger partial charge in [-0.05, 0) is 75.6 Å². The van der Waals surface area contributed by atoms with Crippen LogP contribution in [0.25, 0.3) is 16.7 Å². The van der Waals surface area contributed by atoms with Crippen LogP contribution in [0, 0.1) is 6.92 Å². The highest BCUT2D eigenvalue weighted by Crippen LogP contribution is 2.21. The smallest absolute Gasteiger partial charge is 0.251 e. The van der Waals surface area contributed by atoms with Crippen molar-refractivity contribution in [1.82, 2.24) is 30.0 Å². The minimum Gasteiger partial charge on any atom is -0.352 e. The number of nitrogens with one attached hydrogen (secondary N) is 2. The average molecular weight is 483 g/mol. The van der Waals surface area contributed by atoms with Crippen LogP contribution in [0.3, 0.4) is 0 Å². The SMILES string of the molecule is Cc1ccc(-n2ncc3c(N/N=C/c4ccc(C(=O)NCCCN5CCCC5)cc4)ncnc32)cc1. The maximum absolute atomic E-state index is 12.4. The standard InChI is InChI=1S/C27H30N8O/c1-20-5-11-23(12-6-20)35-26-24(18-32-35)25(29-19-30-26)33-31-17-21-7-9-22(10-8-21)27(36)28-13-4-16-34-14-2-3-15-34/h5-12,17-19H,2-4,13-16H2,1H3,(H,28,36)(H,29,30,33)/b31-17+. The first-order chi connectivity index (χ1) is 17.7. The van der Waals surface area contributed by atoms with Gasteiger partial charge in [0, 0.05) is 12.1 Å². The third-order valence-electron chi connectivity index (χ3n) is 6.34. The Bertz CT molecular complexity index is 1340. The third kappa shape index (κ3) is 5.58. The van der Waals surface area contributed by atoms with E-state index in [-0.39, 0.29) is 5.91 Å². The quantitative estimate of drug-likeness (QED) is 0.214. The Morgan fingerprint density at radius 2 is 1.83 bits per heavy atom. The number of likely N-dealkylation sites (tertiary alicyclic amines) is 1. The van der Waals surface area contributed by atoms with E-state index in [2.05, 4.69) is 35.8 Å². The van der Waals surface area contributed by atoms with E-state index in [1.165, 1.54) is 37.8 Å². The zero-order valence-corrected chi connectivity index (χ0v) is 20.4. The lowest BCUT2D eigenvalue weighted by Crippen LogP contribution is -2.28. The molecule has 2 aromatic carbocycles. The van der Waals surface area contributed by atoms with Crippen LogP contribution in [-0.2, 0) is 0 Å². The molecule has 9 heteroatoms. The van der Waals surface area contributed by atoms with Gasteiger partial charge in [-0.15, -0.1) is 0 Å². The third-order valence-corrected chi connectivity index (χ3v) is 6.34. The summed E-state index contributed by atoms with van der Waals surface area (Å²) in [6.45, 7) is 6.16. The molecular formula is C27H30N8O. The lowest BCUT2D eigenvalue weighted by atomic mass is 10.1. The maximum atomic E-state index is 12.4. The van der Waals surface area contributed by atoms with Crippen LogP contribution in [0.15, 0.2) is 66.2 Å². The van der Waals surface area contributed by atoms with Crippen molar-refractivity contribution in [2.75, 3.05) is 31.6 Å². The van der Waals surface area contributed by atoms with Crippen molar-refractivity contribution in [2.45, 2.75) is 26.2 Å². The van der Waals surface area contributed by atoms with Gasteiger partial charge in [-0.3, -0.25) is 10.2 Å². The highest BCUT2D eigenvalue weighted by Gasteiger charge is 2.12. The van der Waals surface area contributed by atoms with Gasteiger partial charge in [0.25, 0.3) is 5.91 Å². The molecule has 0 aliphatic carbocycles. The van der Waals surface area contributed by atoms with Gasteiger partial charge in [0.15, 0.2) is 11.5 Å². The molecule has 1 aliphatic rings. The van der Waals surface area contributed by atoms with Gasteiger partial charge in [-0.25, -0.2) is 14.6 Å². The van der Waals surface area contributed by atoms with E-state index in [0.717, 1.165) is 29.6 Å². The van der Waals surface area contributed by atoms with Crippen molar-refractivity contribution in [3.05, 3.63) is 77.7 Å². The van der Waals surface area contributed by atoms with Crippen LogP contribution in [0.2, 0.25) is 0 Å². The first-order valence-corrected chi connectivity index (χ1v) is 12.3. The van der Waals surface area contributed by atoms with Crippen LogP contribution in [0.1, 0.15) is 40.7 Å². The van der Waals surface area contributed by atoms with Crippen molar-refractivity contribution in [2.24, 2.45) is 5.10 Å². The minimum absolute atomic E-state index is 0.0491. The summed E-state index contributed by atoms with van der Waals surface area (Å²) in [6, 6.07) is 15.5. The van der Waals surface area contributed by atoms with Crippen molar-refractivity contribution in [1.29, 1.82) is 0 Å². The molecule has 0 atom stereocenters. The molecule has 0 bridgehead atoms. The molecule has 0 saturated carbocycles. The lowest BCUT2D eigenvalue weighted by Gasteiger charge is -2.14. The van der Waals surface area contributed by atoms with Gasteiger partial charge < -0.3 is 10.2 Å². The second kappa shape index (κ2) is 11.1. The molecule has 1 aliphatic heterocycles. The molecule has 0 radical (unpaired) electrons. The van der Waals surface area contributed by atoms with E-state index in [4.69, 9.17) is 0 Å². The summed E-state index contributed by atoms with van der Waals surface area (Å²) in [7, 11) is 0. The maximum Gasteiger partial charge on any atom is 0.251 e. The van der Waals surface area contributed by atoms with Crippen LogP contribution < -0.4 is 10.7 Å². The Labute approximate surface area is 210 Å². The number of hydrazone groups is 1. The number of aromatic nitrogens is 4. The summed E-state index contributed by atoms with van der Waals surface area (Å²) < 4.78 is 1.78. The zero-order valence-electron chi connectivity index (χ0n) is 20.4. The van der Waals surface area contributed by atoms with Crippen LogP contribution in [-0.4, -0.2) is 62.9 Å². The number of nitrogens with zero attached hydrogens (tertiary/aromatic N) is 6. The fraction of sp³-hybridized carbons (Fsp3) is 0.296. The highest BCUT2D eigenvalue weighted by atomic mass is 16.1. The number of benzene rings is 2. The lowest BCUT2D eigenvalue weighted by molar-refractivity contribution is 0.0952. The number of fused-ring (bicyclic) bond motifs is 1. The number of rotatable bonds is 9. The fourth-order valence-electron chi connectivity index (χ4n) is 4.31. The topological polar surface area (TPSA) is 100 Å². The van der Waals surface area contributed by atoms with Gasteiger partial charge in [0.2, 0.25) is 0 Å². The Morgan fingerprint density at radius 3 is 2.61 bits per heavy atom. The summed E-state index contributed by atoms with van der Waals surface area (Å²) >= 11 is 0. The molecule has 184 valence electrons. The molecule has 1 saturated heterocycles. The molecule has 4 aromatic rings. The first kappa shape index (κ1) is 23.6. The Balaban J connectivity index is 1.17. The zero-order chi connectivity index (χ0) is 24.7. The summed E-state index contributed by atoms with van der Waals surface area (Å²) in [5.41, 5.74) is 7.31. The molecular weight excluding hydrogens is 452 g/mol. The number of hydrogen-bond donors (Lipinski definition) is 2. The highest BCUT2D eigenvalue weighted by molar-refractivity contribution is 5.95. The van der Waals surface area contributed by atoms with Crippen molar-refractivity contribution in [3.63, 3.8) is 0 Å². The molecule has 2 aromatic heterocycles. The number of aryl methyl sites for hydroxylation is 1. The Morgan fingerprint density at radius 1 is 1.06 bits per heavy atom. The number of anilines is 1. The van der Waals surface area contributed by atoms with Crippen LogP contribution in [0.5, 0.6) is 0 Å². The minimum atomic E-state index is -0.0491. The molecule has 2 N–H and O–H groups in total. The second-order valence-corrected chi connectivity index (χ2v) is 9.00. The monoisotopic (exact) mass is 482 g/mol. The van der Waals surface area contributed by atoms with E-state index in [1.54, 1.807) is 17.1 Å². The molecule has 0 unspecified atom stereocenters. The van der Waals surface area contributed by atoms with E-state index in [1.807, 2.05) is 55.5 Å². The second-order valence-electron chi connectivity index (χ2n) is 9.00. The largest absolute Gasteiger partial charge is 0.352 e. The Kier molecular flexibility index (Phi) is 7.28. The van der Waals surface area contributed by atoms with Crippen molar-refractivity contribution < 1.29 is 4.79 Å². The van der Waals surface area contributed by atoms with Crippen LogP contribution in [0.4, 0.5) is 5.82 Å². The van der Waals surface area contributed by atoms with E-state index in [9.17, 15) is 4.79 Å². The molecule has 9 nitrogen and oxygen atoms in total. The molecule has 36 heavy (non-hydrogen) atoms. The number of carbonyl (C=O) groups excluding carboxylic acids is 1. The first-order valence-electron chi connectivity index (χ1n) is 12.3. The van der Waals surface area contributed by atoms with Gasteiger partial charge in [0.05, 0.1) is 23.5 Å². The number of hydrogen-bond acceptors (Lipinski definition) is 7. The summed E-state index contributed by atoms with van der Waals surface area (Å²) in [4.78, 5) is 23.6. The average Bonchev–Trinajstić information content (AvgIpc) is 3.58. The Hall–Kier alpha value is -4.11. The molecule has 1 fully saturated rings. The number of carbonyl (C=O) groups is 1. The van der Waals surface area contributed by atoms with Gasteiger partial charge in [-0.1, -0.05) is 29.8 Å². The van der Waals surface area contributed by atoms with E-state index < -0.39 is 0 Å². The van der Waals surface area contributed by atoms with Crippen LogP contribution >= 0.6 is 0 Å². The summed E-state index contributed by atoms with van der Waals surface area (Å²) in [5, 5.41) is 12.6. The molecule has 5 rings (SSSR count). The predicted molar refractivity (Wildman–Crippen MR) is 142 cm³/mol. The van der Waals surface area contributed by atoms with Crippen molar-refractivity contribution >= 4 is 29.0 Å². The molecule has 0 spiro atoms. The van der Waals surface area contributed by atoms with Gasteiger partial charge in [0.1, 0.15) is 6.33 Å². The van der Waals surface area contributed by atoms with Crippen molar-refractivity contribution in [3.8, 4) is 5.69 Å². The number of amides is 1. The normalized spacial score (nSPS) is 14.0. The van der Waals surface area contributed by atoms with Gasteiger partial charge in [-0.2, -0.15) is 10.2 Å². The predicted octanol–water partition coefficient (Wildman–Crippen LogP) is 3.79.